The van der Waals surface area contributed by atoms with Crippen molar-refractivity contribution in [3.63, 3.8) is 0 Å². The van der Waals surface area contributed by atoms with E-state index in [1.54, 1.807) is 4.68 Å². The minimum atomic E-state index is 0.391. The van der Waals surface area contributed by atoms with Crippen LogP contribution in [0.3, 0.4) is 0 Å². The topological polar surface area (TPSA) is 46.7 Å². The molecule has 158 valence electrons. The van der Waals surface area contributed by atoms with Gasteiger partial charge in [-0.2, -0.15) is 0 Å². The number of nitrogens with zero attached hydrogens (tertiary/aromatic N) is 4. The second kappa shape index (κ2) is 9.75. The third-order valence-electron chi connectivity index (χ3n) is 5.31. The Hall–Kier alpha value is -2.19. The fraction of sp³-hybridized carbons (Fsp3) is 0.364. The Bertz CT molecular complexity index is 1030. The van der Waals surface area contributed by atoms with Gasteiger partial charge < -0.3 is 14.1 Å². The Morgan fingerprint density at radius 1 is 1.03 bits per heavy atom. The second-order valence-corrected chi connectivity index (χ2v) is 8.03. The first-order chi connectivity index (χ1) is 14.6. The summed E-state index contributed by atoms with van der Waals surface area (Å²) in [5, 5.41) is 5.28. The second-order valence-electron chi connectivity index (χ2n) is 7.27. The van der Waals surface area contributed by atoms with Gasteiger partial charge >= 0.3 is 0 Å². The number of ether oxygens (including phenoxy) is 1. The van der Waals surface area contributed by atoms with E-state index in [0.717, 1.165) is 49.6 Å². The third kappa shape index (κ3) is 5.10. The van der Waals surface area contributed by atoms with Crippen LogP contribution in [0.15, 0.2) is 52.9 Å². The maximum Gasteiger partial charge on any atom is 0.288 e. The molecule has 1 aliphatic rings. The molecule has 0 N–H and O–H groups in total. The monoisotopic (exact) mass is 444 g/mol. The number of aromatic nitrogens is 2. The van der Waals surface area contributed by atoms with Gasteiger partial charge in [-0.05, 0) is 49.1 Å². The summed E-state index contributed by atoms with van der Waals surface area (Å²) in [6, 6.07) is 15.3. The Morgan fingerprint density at radius 2 is 1.73 bits per heavy atom. The van der Waals surface area contributed by atoms with E-state index in [1.807, 2.05) is 48.5 Å². The van der Waals surface area contributed by atoms with E-state index in [9.17, 15) is 0 Å². The molecule has 4 rings (SSSR count). The van der Waals surface area contributed by atoms with Gasteiger partial charge in [0.25, 0.3) is 4.84 Å². The predicted octanol–water partition coefficient (Wildman–Crippen LogP) is 4.70. The molecular formula is C22H25ClN4O2S. The van der Waals surface area contributed by atoms with E-state index >= 15 is 0 Å². The molecular weight excluding hydrogens is 420 g/mol. The summed E-state index contributed by atoms with van der Waals surface area (Å²) in [6.45, 7) is 8.53. The lowest BCUT2D eigenvalue weighted by Gasteiger charge is -2.33. The number of piperazine rings is 1. The van der Waals surface area contributed by atoms with Gasteiger partial charge in [-0.15, -0.1) is 5.10 Å². The predicted molar refractivity (Wildman–Crippen MR) is 120 cm³/mol. The molecule has 0 aliphatic carbocycles. The highest BCUT2D eigenvalue weighted by Gasteiger charge is 2.17. The first-order valence-corrected chi connectivity index (χ1v) is 10.9. The number of likely N-dealkylation sites (N-methyl/N-ethyl adjacent to an activating group) is 1. The third-order valence-corrected chi connectivity index (χ3v) is 5.97. The minimum absolute atomic E-state index is 0.391. The highest BCUT2D eigenvalue weighted by Crippen LogP contribution is 2.23. The van der Waals surface area contributed by atoms with Gasteiger partial charge in [0.15, 0.2) is 0 Å². The molecule has 30 heavy (non-hydrogen) atoms. The van der Waals surface area contributed by atoms with Gasteiger partial charge in [-0.25, -0.2) is 4.68 Å². The van der Waals surface area contributed by atoms with E-state index in [4.69, 9.17) is 33.0 Å². The Morgan fingerprint density at radius 3 is 2.43 bits per heavy atom. The van der Waals surface area contributed by atoms with Crippen LogP contribution in [0.5, 0.6) is 5.75 Å². The summed E-state index contributed by atoms with van der Waals surface area (Å²) < 4.78 is 13.3. The van der Waals surface area contributed by atoms with Crippen molar-refractivity contribution in [1.82, 2.24) is 19.6 Å². The fourth-order valence-electron chi connectivity index (χ4n) is 3.42. The Balaban J connectivity index is 1.38. The number of hydrogen-bond acceptors (Lipinski definition) is 6. The largest absolute Gasteiger partial charge is 0.489 e. The highest BCUT2D eigenvalue weighted by molar-refractivity contribution is 7.71. The van der Waals surface area contributed by atoms with Crippen molar-refractivity contribution in [2.24, 2.45) is 0 Å². The molecule has 0 spiro atoms. The van der Waals surface area contributed by atoms with Crippen molar-refractivity contribution in [1.29, 1.82) is 0 Å². The number of benzene rings is 2. The molecule has 0 bridgehead atoms. The van der Waals surface area contributed by atoms with Crippen molar-refractivity contribution in [2.75, 3.05) is 32.7 Å². The fourth-order valence-corrected chi connectivity index (χ4v) is 3.79. The SMILES string of the molecule is CCN1CCN(Cn2nc(-c3ccc(OCc4ccccc4Cl)cc3)oc2=S)CC1. The van der Waals surface area contributed by atoms with Crippen molar-refractivity contribution >= 4 is 23.8 Å². The van der Waals surface area contributed by atoms with Crippen molar-refractivity contribution in [3.05, 3.63) is 64.0 Å². The smallest absolute Gasteiger partial charge is 0.288 e. The van der Waals surface area contributed by atoms with E-state index in [2.05, 4.69) is 21.8 Å². The Kier molecular flexibility index (Phi) is 6.84. The van der Waals surface area contributed by atoms with Gasteiger partial charge in [0.2, 0.25) is 5.89 Å². The van der Waals surface area contributed by atoms with Gasteiger partial charge in [0.05, 0.1) is 6.67 Å². The molecule has 0 radical (unpaired) electrons. The van der Waals surface area contributed by atoms with E-state index in [1.165, 1.54) is 0 Å². The van der Waals surface area contributed by atoms with Gasteiger partial charge in [0, 0.05) is 42.3 Å². The number of halogens is 1. The van der Waals surface area contributed by atoms with Crippen molar-refractivity contribution < 1.29 is 9.15 Å². The molecule has 6 nitrogen and oxygen atoms in total. The van der Waals surface area contributed by atoms with Crippen LogP contribution in [0.1, 0.15) is 12.5 Å². The van der Waals surface area contributed by atoms with Crippen molar-refractivity contribution in [2.45, 2.75) is 20.2 Å². The molecule has 1 aliphatic heterocycles. The summed E-state index contributed by atoms with van der Waals surface area (Å²) in [5.41, 5.74) is 1.81. The zero-order chi connectivity index (χ0) is 20.9. The summed E-state index contributed by atoms with van der Waals surface area (Å²) in [5.74, 6) is 1.27. The molecule has 2 aromatic carbocycles. The molecule has 2 heterocycles. The quantitative estimate of drug-likeness (QED) is 0.492. The molecule has 1 fully saturated rings. The lowest BCUT2D eigenvalue weighted by molar-refractivity contribution is 0.105. The first kappa shape index (κ1) is 21.1. The van der Waals surface area contributed by atoms with Gasteiger partial charge in [0.1, 0.15) is 12.4 Å². The minimum Gasteiger partial charge on any atom is -0.489 e. The molecule has 0 unspecified atom stereocenters. The van der Waals surface area contributed by atoms with Crippen LogP contribution in [-0.2, 0) is 13.3 Å². The summed E-state index contributed by atoms with van der Waals surface area (Å²) >= 11 is 11.6. The van der Waals surface area contributed by atoms with Crippen LogP contribution in [0.25, 0.3) is 11.5 Å². The van der Waals surface area contributed by atoms with Crippen LogP contribution >= 0.6 is 23.8 Å². The zero-order valence-corrected chi connectivity index (χ0v) is 18.5. The Labute approximate surface area is 186 Å². The average molecular weight is 445 g/mol. The van der Waals surface area contributed by atoms with Gasteiger partial charge in [-0.1, -0.05) is 36.7 Å². The lowest BCUT2D eigenvalue weighted by atomic mass is 10.2. The van der Waals surface area contributed by atoms with Crippen LogP contribution in [0.2, 0.25) is 5.02 Å². The normalized spacial score (nSPS) is 15.4. The maximum atomic E-state index is 6.18. The lowest BCUT2D eigenvalue weighted by Crippen LogP contribution is -2.46. The van der Waals surface area contributed by atoms with E-state index in [-0.39, 0.29) is 0 Å². The molecule has 0 amide bonds. The molecule has 3 aromatic rings. The molecule has 8 heteroatoms. The van der Waals surface area contributed by atoms with Crippen LogP contribution in [-0.4, -0.2) is 52.3 Å². The molecule has 0 atom stereocenters. The standard InChI is InChI=1S/C22H25ClN4O2S/c1-2-25-11-13-26(14-12-25)16-27-22(30)29-21(24-27)17-7-9-19(10-8-17)28-15-18-5-3-4-6-20(18)23/h3-10H,2,11-16H2,1H3. The highest BCUT2D eigenvalue weighted by atomic mass is 35.5. The van der Waals surface area contributed by atoms with E-state index < -0.39 is 0 Å². The summed E-state index contributed by atoms with van der Waals surface area (Å²) in [4.78, 5) is 5.18. The maximum absolute atomic E-state index is 6.18. The molecule has 1 saturated heterocycles. The van der Waals surface area contributed by atoms with Crippen molar-refractivity contribution in [3.8, 4) is 17.2 Å². The molecule has 0 saturated carbocycles. The average Bonchev–Trinajstić information content (AvgIpc) is 3.14. The number of hydrogen-bond donors (Lipinski definition) is 0. The zero-order valence-electron chi connectivity index (χ0n) is 17.0. The van der Waals surface area contributed by atoms with Gasteiger partial charge in [-0.3, -0.25) is 4.90 Å². The van der Waals surface area contributed by atoms with Crippen LogP contribution < -0.4 is 4.74 Å². The first-order valence-electron chi connectivity index (χ1n) is 10.1. The summed E-state index contributed by atoms with van der Waals surface area (Å²) in [7, 11) is 0. The van der Waals surface area contributed by atoms with E-state index in [0.29, 0.717) is 29.0 Å². The summed E-state index contributed by atoms with van der Waals surface area (Å²) in [6.07, 6.45) is 0. The number of rotatable bonds is 7. The molecule has 1 aromatic heterocycles. The van der Waals surface area contributed by atoms with Crippen LogP contribution in [0.4, 0.5) is 0 Å². The van der Waals surface area contributed by atoms with Crippen LogP contribution in [0, 0.1) is 4.84 Å².